The van der Waals surface area contributed by atoms with Crippen molar-refractivity contribution in [3.8, 4) is 0 Å². The third kappa shape index (κ3) is 6.67. The summed E-state index contributed by atoms with van der Waals surface area (Å²) in [6, 6.07) is 35.1. The smallest absolute Gasteiger partial charge is 0.410 e. The Bertz CT molecular complexity index is 1510. The van der Waals surface area contributed by atoms with Crippen molar-refractivity contribution in [1.29, 1.82) is 0 Å². The minimum atomic E-state index is -0.223. The van der Waals surface area contributed by atoms with E-state index in [0.717, 1.165) is 67.2 Å². The lowest BCUT2D eigenvalue weighted by Gasteiger charge is -2.39. The second-order valence-electron chi connectivity index (χ2n) is 12.2. The Morgan fingerprint density at radius 3 is 2.23 bits per heavy atom. The summed E-state index contributed by atoms with van der Waals surface area (Å²) in [5.74, 6) is 1.09. The molecule has 1 heterocycles. The van der Waals surface area contributed by atoms with Gasteiger partial charge in [0, 0.05) is 43.7 Å². The number of rotatable bonds is 9. The molecule has 1 aliphatic carbocycles. The number of hydrogen-bond acceptors (Lipinski definition) is 4. The normalized spacial score (nSPS) is 21.1. The number of ether oxygens (including phenoxy) is 1. The van der Waals surface area contributed by atoms with Gasteiger partial charge in [-0.3, -0.25) is 4.79 Å². The number of ketones is 1. The maximum atomic E-state index is 14.0. The molecule has 0 radical (unpaired) electrons. The van der Waals surface area contributed by atoms with Crippen molar-refractivity contribution in [2.24, 2.45) is 11.8 Å². The number of likely N-dealkylation sites (tertiary alicyclic amines) is 1. The predicted octanol–water partition coefficient (Wildman–Crippen LogP) is 7.96. The average molecular weight is 575 g/mol. The van der Waals surface area contributed by atoms with Crippen LogP contribution in [-0.4, -0.2) is 53.9 Å². The second kappa shape index (κ2) is 13.6. The molecule has 1 unspecified atom stereocenters. The Kier molecular flexibility index (Phi) is 9.18. The number of carbonyl (C=O) groups is 2. The number of amides is 1. The first-order valence-corrected chi connectivity index (χ1v) is 15.9. The van der Waals surface area contributed by atoms with Gasteiger partial charge in [-0.1, -0.05) is 103 Å². The van der Waals surface area contributed by atoms with Crippen LogP contribution < -0.4 is 0 Å². The molecular weight excluding hydrogens is 532 g/mol. The summed E-state index contributed by atoms with van der Waals surface area (Å²) in [6.07, 6.45) is 3.46. The number of hydrogen-bond donors (Lipinski definition) is 0. The van der Waals surface area contributed by atoms with Gasteiger partial charge in [0.1, 0.15) is 6.61 Å². The van der Waals surface area contributed by atoms with Crippen molar-refractivity contribution in [2.75, 3.05) is 26.2 Å². The van der Waals surface area contributed by atoms with Gasteiger partial charge in [0.25, 0.3) is 0 Å². The van der Waals surface area contributed by atoms with Crippen molar-refractivity contribution in [2.45, 2.75) is 51.2 Å². The van der Waals surface area contributed by atoms with E-state index in [9.17, 15) is 9.59 Å². The highest BCUT2D eigenvalue weighted by Crippen LogP contribution is 2.45. The zero-order chi connectivity index (χ0) is 29.6. The highest BCUT2D eigenvalue weighted by atomic mass is 16.6. The summed E-state index contributed by atoms with van der Waals surface area (Å²) < 4.78 is 5.67. The van der Waals surface area contributed by atoms with Gasteiger partial charge in [0.15, 0.2) is 5.78 Å². The predicted molar refractivity (Wildman–Crippen MR) is 172 cm³/mol. The average Bonchev–Trinajstić information content (AvgIpc) is 3.49. The molecule has 1 saturated carbocycles. The highest BCUT2D eigenvalue weighted by Gasteiger charge is 2.40. The topological polar surface area (TPSA) is 49.9 Å². The molecule has 4 aromatic carbocycles. The lowest BCUT2D eigenvalue weighted by atomic mass is 9.88. The number of nitrogens with zero attached hydrogens (tertiary/aromatic N) is 2. The molecule has 3 atom stereocenters. The number of Topliss-reactive ketones (excluding diaryl/α,β-unsaturated/α-hetero) is 1. The fraction of sp³-hybridized carbons (Fsp3) is 0.368. The fourth-order valence-corrected chi connectivity index (χ4v) is 7.39. The van der Waals surface area contributed by atoms with Crippen molar-refractivity contribution in [1.82, 2.24) is 9.80 Å². The quantitative estimate of drug-likeness (QED) is 0.190. The zero-order valence-corrected chi connectivity index (χ0v) is 25.1. The lowest BCUT2D eigenvalue weighted by molar-refractivity contribution is 0.0601. The number of fused-ring (bicyclic) bond motifs is 1. The first-order chi connectivity index (χ1) is 21.1. The fourth-order valence-electron chi connectivity index (χ4n) is 7.39. The molecule has 5 heteroatoms. The number of benzene rings is 4. The Morgan fingerprint density at radius 1 is 0.814 bits per heavy atom. The molecule has 2 fully saturated rings. The van der Waals surface area contributed by atoms with Crippen molar-refractivity contribution in [3.05, 3.63) is 120 Å². The first-order valence-electron chi connectivity index (χ1n) is 15.9. The van der Waals surface area contributed by atoms with E-state index in [1.54, 1.807) is 0 Å². The van der Waals surface area contributed by atoms with Gasteiger partial charge in [-0.05, 0) is 66.3 Å². The molecule has 6 rings (SSSR count). The molecule has 1 amide bonds. The maximum Gasteiger partial charge on any atom is 0.410 e. The number of carbonyl (C=O) groups excluding carboxylic acids is 2. The molecule has 2 aliphatic rings. The largest absolute Gasteiger partial charge is 0.445 e. The molecule has 0 spiro atoms. The van der Waals surface area contributed by atoms with Crippen LogP contribution in [0, 0.1) is 11.8 Å². The van der Waals surface area contributed by atoms with Gasteiger partial charge in [0.2, 0.25) is 0 Å². The van der Waals surface area contributed by atoms with Crippen LogP contribution in [-0.2, 0) is 11.3 Å². The number of piperidine rings is 1. The van der Waals surface area contributed by atoms with Crippen LogP contribution in [0.25, 0.3) is 10.8 Å². The van der Waals surface area contributed by atoms with Crippen molar-refractivity contribution in [3.63, 3.8) is 0 Å². The van der Waals surface area contributed by atoms with Crippen LogP contribution in [0.15, 0.2) is 103 Å². The van der Waals surface area contributed by atoms with E-state index < -0.39 is 0 Å². The monoisotopic (exact) mass is 574 g/mol. The SMILES string of the molecule is CCN(C(=O)OCc1ccccc1)C1CCN(C[C@H]2CC(C(=O)c3cccc4ccccc34)C[C@@H]2c2ccccc2)CC1. The van der Waals surface area contributed by atoms with Crippen LogP contribution in [0.2, 0.25) is 0 Å². The van der Waals surface area contributed by atoms with Crippen LogP contribution in [0.1, 0.15) is 60.0 Å². The molecule has 5 nitrogen and oxygen atoms in total. The standard InChI is InChI=1S/C38H42N2O3/c1-2-40(38(42)43-27-28-12-5-3-6-13-28)33-20-22-39(23-21-33)26-32-24-31(25-36(32)30-14-7-4-8-15-30)37(41)35-19-11-17-29-16-9-10-18-34(29)35/h3-19,31-33,36H,2,20-27H2,1H3/t31?,32-,36-/m1/s1. The Morgan fingerprint density at radius 2 is 1.49 bits per heavy atom. The third-order valence-corrected chi connectivity index (χ3v) is 9.62. The molecule has 1 saturated heterocycles. The van der Waals surface area contributed by atoms with E-state index in [2.05, 4.69) is 53.4 Å². The second-order valence-corrected chi connectivity index (χ2v) is 12.2. The molecule has 43 heavy (non-hydrogen) atoms. The Balaban J connectivity index is 1.10. The minimum Gasteiger partial charge on any atom is -0.445 e. The summed E-state index contributed by atoms with van der Waals surface area (Å²) >= 11 is 0. The molecule has 0 N–H and O–H groups in total. The van der Waals surface area contributed by atoms with E-state index in [4.69, 9.17) is 4.74 Å². The molecule has 222 valence electrons. The molecule has 4 aromatic rings. The van der Waals surface area contributed by atoms with Crippen molar-refractivity contribution < 1.29 is 14.3 Å². The molecule has 1 aliphatic heterocycles. The molecule has 0 aromatic heterocycles. The molecular formula is C38H42N2O3. The zero-order valence-electron chi connectivity index (χ0n) is 25.1. The van der Waals surface area contributed by atoms with Crippen LogP contribution >= 0.6 is 0 Å². The third-order valence-electron chi connectivity index (χ3n) is 9.62. The van der Waals surface area contributed by atoms with Gasteiger partial charge < -0.3 is 14.5 Å². The van der Waals surface area contributed by atoms with Gasteiger partial charge in [-0.15, -0.1) is 0 Å². The van der Waals surface area contributed by atoms with Gasteiger partial charge >= 0.3 is 6.09 Å². The maximum absolute atomic E-state index is 14.0. The lowest BCUT2D eigenvalue weighted by Crippen LogP contribution is -2.48. The summed E-state index contributed by atoms with van der Waals surface area (Å²) in [7, 11) is 0. The van der Waals surface area contributed by atoms with Crippen LogP contribution in [0.3, 0.4) is 0 Å². The first kappa shape index (κ1) is 29.1. The summed E-state index contributed by atoms with van der Waals surface area (Å²) in [5.41, 5.74) is 3.20. The van der Waals surface area contributed by atoms with Crippen LogP contribution in [0.5, 0.6) is 0 Å². The van der Waals surface area contributed by atoms with Gasteiger partial charge in [-0.2, -0.15) is 0 Å². The van der Waals surface area contributed by atoms with Crippen molar-refractivity contribution >= 4 is 22.6 Å². The summed E-state index contributed by atoms with van der Waals surface area (Å²) in [4.78, 5) is 31.4. The van der Waals surface area contributed by atoms with E-state index >= 15 is 0 Å². The Hall–Kier alpha value is -3.96. The van der Waals surface area contributed by atoms with E-state index in [-0.39, 0.29) is 23.8 Å². The van der Waals surface area contributed by atoms with Gasteiger partial charge in [-0.25, -0.2) is 4.79 Å². The van der Waals surface area contributed by atoms with E-state index in [0.29, 0.717) is 25.0 Å². The summed E-state index contributed by atoms with van der Waals surface area (Å²) in [5, 5.41) is 2.18. The van der Waals surface area contributed by atoms with Crippen LogP contribution in [0.4, 0.5) is 4.79 Å². The van der Waals surface area contributed by atoms with Gasteiger partial charge in [0.05, 0.1) is 0 Å². The highest BCUT2D eigenvalue weighted by molar-refractivity contribution is 6.09. The summed E-state index contributed by atoms with van der Waals surface area (Å²) in [6.45, 7) is 5.87. The molecule has 0 bridgehead atoms. The minimum absolute atomic E-state index is 0.0218. The van der Waals surface area contributed by atoms with E-state index in [1.807, 2.05) is 66.4 Å². The Labute approximate surface area is 255 Å². The van der Waals surface area contributed by atoms with E-state index in [1.165, 1.54) is 5.56 Å².